The van der Waals surface area contributed by atoms with Crippen molar-refractivity contribution < 1.29 is 58.2 Å². The zero-order valence-electron chi connectivity index (χ0n) is 51.4. The second-order valence-corrected chi connectivity index (χ2v) is 23.5. The van der Waals surface area contributed by atoms with Gasteiger partial charge in [0.15, 0.2) is 24.6 Å². The van der Waals surface area contributed by atoms with Crippen molar-refractivity contribution in [2.75, 3.05) is 13.2 Å². The minimum Gasteiger partial charge on any atom is -0.479 e. The monoisotopic (exact) mass is 1120 g/mol. The molecule has 0 saturated carbocycles. The van der Waals surface area contributed by atoms with Gasteiger partial charge >= 0.3 is 23.9 Å². The van der Waals surface area contributed by atoms with Crippen LogP contribution in [0.2, 0.25) is 0 Å². The number of aliphatic hydroxyl groups excluding tert-OH is 2. The summed E-state index contributed by atoms with van der Waals surface area (Å²) in [5, 5.41) is 31.6. The molecule has 0 bridgehead atoms. The highest BCUT2D eigenvalue weighted by Gasteiger charge is 2.50. The molecule has 0 aromatic rings. The predicted octanol–water partition coefficient (Wildman–Crippen LogP) is 18.0. The molecule has 0 radical (unpaired) electrons. The Morgan fingerprint density at radius 3 is 1.08 bits per heavy atom. The number of aliphatic carboxylic acids is 1. The first kappa shape index (κ1) is 74.5. The molecule has 12 heteroatoms. The maximum Gasteiger partial charge on any atom is 0.335 e. The summed E-state index contributed by atoms with van der Waals surface area (Å²) in [6, 6.07) is 0. The Bertz CT molecular complexity index is 1420. The van der Waals surface area contributed by atoms with E-state index in [-0.39, 0.29) is 25.9 Å². The number of carbonyl (C=O) groups excluding carboxylic acids is 3. The second-order valence-electron chi connectivity index (χ2n) is 23.5. The largest absolute Gasteiger partial charge is 0.479 e. The van der Waals surface area contributed by atoms with Gasteiger partial charge in [0.05, 0.1) is 6.61 Å². The van der Waals surface area contributed by atoms with Crippen LogP contribution in [0.3, 0.4) is 0 Å². The molecule has 1 rings (SSSR count). The van der Waals surface area contributed by atoms with Crippen LogP contribution in [0.25, 0.3) is 0 Å². The molecule has 1 fully saturated rings. The van der Waals surface area contributed by atoms with E-state index in [4.69, 9.17) is 23.7 Å². The van der Waals surface area contributed by atoms with Gasteiger partial charge in [-0.2, -0.15) is 0 Å². The van der Waals surface area contributed by atoms with Crippen LogP contribution in [0.4, 0.5) is 0 Å². The number of unbranched alkanes of at least 4 members (excludes halogenated alkanes) is 43. The zero-order chi connectivity index (χ0) is 57.5. The third-order valence-electron chi connectivity index (χ3n) is 15.8. The highest BCUT2D eigenvalue weighted by molar-refractivity contribution is 5.74. The van der Waals surface area contributed by atoms with E-state index in [1.54, 1.807) is 0 Å². The van der Waals surface area contributed by atoms with Crippen molar-refractivity contribution in [1.82, 2.24) is 0 Å². The first-order valence-corrected chi connectivity index (χ1v) is 33.7. The van der Waals surface area contributed by atoms with Gasteiger partial charge in [0.25, 0.3) is 0 Å². The number of carbonyl (C=O) groups is 4. The van der Waals surface area contributed by atoms with E-state index in [9.17, 15) is 34.5 Å². The number of ether oxygens (including phenoxy) is 5. The van der Waals surface area contributed by atoms with Crippen molar-refractivity contribution in [3.8, 4) is 0 Å². The van der Waals surface area contributed by atoms with Gasteiger partial charge in [0, 0.05) is 19.3 Å². The number of hydrogen-bond donors (Lipinski definition) is 3. The second kappa shape index (κ2) is 56.0. The summed E-state index contributed by atoms with van der Waals surface area (Å²) < 4.78 is 28.6. The van der Waals surface area contributed by atoms with E-state index in [2.05, 4.69) is 32.9 Å². The van der Waals surface area contributed by atoms with Crippen LogP contribution >= 0.6 is 0 Å². The summed E-state index contributed by atoms with van der Waals surface area (Å²) in [7, 11) is 0. The lowest BCUT2D eigenvalue weighted by Gasteiger charge is -2.40. The molecule has 6 atom stereocenters. The normalized spacial score (nSPS) is 17.8. The summed E-state index contributed by atoms with van der Waals surface area (Å²) in [5.74, 6) is -3.08. The Morgan fingerprint density at radius 2 is 0.722 bits per heavy atom. The van der Waals surface area contributed by atoms with Crippen LogP contribution in [0, 0.1) is 0 Å². The number of hydrogen-bond acceptors (Lipinski definition) is 11. The quantitative estimate of drug-likeness (QED) is 0.0228. The molecule has 0 aromatic carbocycles. The van der Waals surface area contributed by atoms with E-state index in [1.807, 2.05) is 0 Å². The fourth-order valence-corrected chi connectivity index (χ4v) is 10.7. The maximum absolute atomic E-state index is 13.2. The minimum atomic E-state index is -1.90. The number of carboxylic acids is 1. The third-order valence-corrected chi connectivity index (χ3v) is 15.8. The number of allylic oxidation sites excluding steroid dienone is 2. The molecule has 3 N–H and O–H groups in total. The lowest BCUT2D eigenvalue weighted by atomic mass is 9.98. The fraction of sp³-hybridized carbons (Fsp3) is 0.910. The average molecular weight is 1120 g/mol. The van der Waals surface area contributed by atoms with Crippen LogP contribution in [-0.4, -0.2) is 89.2 Å². The summed E-state index contributed by atoms with van der Waals surface area (Å²) in [6.07, 6.45) is 51.7. The lowest BCUT2D eigenvalue weighted by molar-refractivity contribution is -0.301. The van der Waals surface area contributed by atoms with Crippen LogP contribution < -0.4 is 0 Å². The summed E-state index contributed by atoms with van der Waals surface area (Å²) in [5.41, 5.74) is 0. The molecule has 0 amide bonds. The molecular formula is C67H124O12. The number of carboxylic acid groups (broad SMARTS) is 1. The van der Waals surface area contributed by atoms with E-state index in [0.29, 0.717) is 19.3 Å². The van der Waals surface area contributed by atoms with Gasteiger partial charge < -0.3 is 39.0 Å². The lowest BCUT2D eigenvalue weighted by Crippen LogP contribution is -2.61. The molecule has 464 valence electrons. The first-order chi connectivity index (χ1) is 38.6. The third kappa shape index (κ3) is 45.6. The summed E-state index contributed by atoms with van der Waals surface area (Å²) in [4.78, 5) is 51.3. The first-order valence-electron chi connectivity index (χ1n) is 33.7. The average Bonchev–Trinajstić information content (AvgIpc) is 3.46. The molecule has 6 unspecified atom stereocenters. The topological polar surface area (TPSA) is 175 Å². The van der Waals surface area contributed by atoms with Crippen molar-refractivity contribution in [2.24, 2.45) is 0 Å². The molecule has 1 saturated heterocycles. The van der Waals surface area contributed by atoms with E-state index in [0.717, 1.165) is 77.0 Å². The molecular weight excluding hydrogens is 997 g/mol. The zero-order valence-corrected chi connectivity index (χ0v) is 51.4. The number of rotatable bonds is 59. The van der Waals surface area contributed by atoms with Gasteiger partial charge in [-0.15, -0.1) is 0 Å². The Labute approximate surface area is 484 Å². The van der Waals surface area contributed by atoms with Crippen molar-refractivity contribution in [1.29, 1.82) is 0 Å². The van der Waals surface area contributed by atoms with E-state index >= 15 is 0 Å². The molecule has 12 nitrogen and oxygen atoms in total. The van der Waals surface area contributed by atoms with E-state index < -0.39 is 67.3 Å². The van der Waals surface area contributed by atoms with Crippen LogP contribution in [-0.2, 0) is 42.9 Å². The van der Waals surface area contributed by atoms with Gasteiger partial charge in [0.2, 0.25) is 0 Å². The Kier molecular flexibility index (Phi) is 52.8. The molecule has 79 heavy (non-hydrogen) atoms. The minimum absolute atomic E-state index is 0.0682. The summed E-state index contributed by atoms with van der Waals surface area (Å²) in [6.45, 7) is 6.05. The van der Waals surface area contributed by atoms with Crippen molar-refractivity contribution in [3.63, 3.8) is 0 Å². The highest BCUT2D eigenvalue weighted by atomic mass is 16.7. The van der Waals surface area contributed by atoms with E-state index in [1.165, 1.54) is 205 Å². The SMILES string of the molecule is CCCCCCCC/C=C\CCCCCCCC(=O)OC(COC(=O)CCCCCCCCCCCCCCCCCCCCC)COC1OC(C(=O)O)C(O)C(O)C1OC(=O)CCCCCCCCCCCCCCCCC. The predicted molar refractivity (Wildman–Crippen MR) is 322 cm³/mol. The van der Waals surface area contributed by atoms with Crippen LogP contribution in [0.1, 0.15) is 342 Å². The van der Waals surface area contributed by atoms with Gasteiger partial charge in [-0.1, -0.05) is 290 Å². The molecule has 0 aliphatic carbocycles. The van der Waals surface area contributed by atoms with Gasteiger partial charge in [0.1, 0.15) is 18.8 Å². The number of esters is 3. The van der Waals surface area contributed by atoms with Gasteiger partial charge in [-0.25, -0.2) is 4.79 Å². The highest BCUT2D eigenvalue weighted by Crippen LogP contribution is 2.27. The standard InChI is InChI=1S/C67H124O12/c1-4-7-10-13-16-19-22-25-28-29-30-31-34-35-38-41-44-47-50-53-59(68)75-56-58(77-60(69)54-51-48-45-42-39-36-32-26-23-20-17-14-11-8-5-2)57-76-67-65(63(72)62(71)64(79-67)66(73)74)78-61(70)55-52-49-46-43-40-37-33-27-24-21-18-15-12-9-6-3/h26,32,58,62-65,67,71-72H,4-25,27-31,33-57H2,1-3H3,(H,73,74)/b32-26-. The molecule has 1 aliphatic heterocycles. The maximum atomic E-state index is 13.2. The van der Waals surface area contributed by atoms with Crippen molar-refractivity contribution in [3.05, 3.63) is 12.2 Å². The number of aliphatic hydroxyl groups is 2. The van der Waals surface area contributed by atoms with Gasteiger partial charge in [-0.3, -0.25) is 14.4 Å². The Morgan fingerprint density at radius 1 is 0.405 bits per heavy atom. The van der Waals surface area contributed by atoms with Crippen LogP contribution in [0.15, 0.2) is 12.2 Å². The molecule has 1 aliphatic rings. The smallest absolute Gasteiger partial charge is 0.335 e. The Hall–Kier alpha value is -2.54. The summed E-state index contributed by atoms with van der Waals surface area (Å²) >= 11 is 0. The van der Waals surface area contributed by atoms with Gasteiger partial charge in [-0.05, 0) is 44.9 Å². The fourth-order valence-electron chi connectivity index (χ4n) is 10.7. The molecule has 0 aromatic heterocycles. The Balaban J connectivity index is 2.62. The van der Waals surface area contributed by atoms with Crippen molar-refractivity contribution in [2.45, 2.75) is 379 Å². The molecule has 1 heterocycles. The van der Waals surface area contributed by atoms with Crippen LogP contribution in [0.5, 0.6) is 0 Å². The molecule has 0 spiro atoms. The van der Waals surface area contributed by atoms with Crippen molar-refractivity contribution >= 4 is 23.9 Å².